The Balaban J connectivity index is 1.95. The first-order valence-electron chi connectivity index (χ1n) is 6.02. The zero-order chi connectivity index (χ0) is 10.7. The molecule has 1 aliphatic rings. The summed E-state index contributed by atoms with van der Waals surface area (Å²) in [4.78, 5) is 0. The van der Waals surface area contributed by atoms with Crippen molar-refractivity contribution < 1.29 is 0 Å². The summed E-state index contributed by atoms with van der Waals surface area (Å²) in [5.41, 5.74) is 1.45. The first kappa shape index (κ1) is 10.7. The molecule has 1 N–H and O–H groups in total. The van der Waals surface area contributed by atoms with Gasteiger partial charge in [0.1, 0.15) is 0 Å². The Kier molecular flexibility index (Phi) is 3.42. The minimum Gasteiger partial charge on any atom is -0.316 e. The molecule has 0 aromatic heterocycles. The maximum Gasteiger partial charge on any atom is 0.0133 e. The highest BCUT2D eigenvalue weighted by atomic mass is 14.9. The van der Waals surface area contributed by atoms with E-state index in [1.54, 1.807) is 0 Å². The molecule has 1 saturated carbocycles. The normalized spacial score (nSPS) is 19.9. The lowest BCUT2D eigenvalue weighted by Crippen LogP contribution is -2.35. The van der Waals surface area contributed by atoms with E-state index in [-0.39, 0.29) is 0 Å². The van der Waals surface area contributed by atoms with Crippen molar-refractivity contribution in [1.82, 2.24) is 5.32 Å². The van der Waals surface area contributed by atoms with Gasteiger partial charge in [0.15, 0.2) is 0 Å². The van der Waals surface area contributed by atoms with Crippen LogP contribution in [-0.2, 0) is 6.42 Å². The maximum absolute atomic E-state index is 3.47. The number of hydrogen-bond donors (Lipinski definition) is 1. The molecule has 1 fully saturated rings. The van der Waals surface area contributed by atoms with Crippen molar-refractivity contribution in [2.45, 2.75) is 32.2 Å². The third-order valence-electron chi connectivity index (χ3n) is 3.67. The first-order chi connectivity index (χ1) is 7.31. The van der Waals surface area contributed by atoms with Crippen LogP contribution >= 0.6 is 0 Å². The highest BCUT2D eigenvalue weighted by Crippen LogP contribution is 2.38. The van der Waals surface area contributed by atoms with E-state index >= 15 is 0 Å². The molecule has 1 nitrogen and oxygen atoms in total. The predicted octanol–water partition coefficient (Wildman–Crippen LogP) is 2.86. The van der Waals surface area contributed by atoms with Gasteiger partial charge in [0.05, 0.1) is 0 Å². The van der Waals surface area contributed by atoms with Crippen LogP contribution in [0.2, 0.25) is 0 Å². The van der Waals surface area contributed by atoms with E-state index in [1.807, 2.05) is 0 Å². The quantitative estimate of drug-likeness (QED) is 0.776. The summed E-state index contributed by atoms with van der Waals surface area (Å²) in [7, 11) is 2.09. The fraction of sp³-hybridized carbons (Fsp3) is 0.571. The lowest BCUT2D eigenvalue weighted by atomic mass is 9.91. The number of benzene rings is 1. The van der Waals surface area contributed by atoms with E-state index in [0.29, 0.717) is 6.04 Å². The van der Waals surface area contributed by atoms with E-state index in [0.717, 1.165) is 18.3 Å². The molecule has 0 bridgehead atoms. The smallest absolute Gasteiger partial charge is 0.0133 e. The number of hydrogen-bond acceptors (Lipinski definition) is 1. The Morgan fingerprint density at radius 3 is 2.47 bits per heavy atom. The van der Waals surface area contributed by atoms with Crippen molar-refractivity contribution in [3.63, 3.8) is 0 Å². The highest BCUT2D eigenvalue weighted by Gasteiger charge is 2.32. The van der Waals surface area contributed by atoms with Crippen LogP contribution in [0.25, 0.3) is 0 Å². The van der Waals surface area contributed by atoms with E-state index < -0.39 is 0 Å². The van der Waals surface area contributed by atoms with Crippen LogP contribution in [0.5, 0.6) is 0 Å². The monoisotopic (exact) mass is 203 g/mol. The largest absolute Gasteiger partial charge is 0.316 e. The van der Waals surface area contributed by atoms with Gasteiger partial charge in [0.2, 0.25) is 0 Å². The lowest BCUT2D eigenvalue weighted by molar-refractivity contribution is 0.358. The molecule has 0 saturated heterocycles. The fourth-order valence-electron chi connectivity index (χ4n) is 2.37. The lowest BCUT2D eigenvalue weighted by Gasteiger charge is -2.23. The van der Waals surface area contributed by atoms with Crippen LogP contribution in [0.1, 0.15) is 25.3 Å². The summed E-state index contributed by atoms with van der Waals surface area (Å²) >= 11 is 0. The van der Waals surface area contributed by atoms with Gasteiger partial charge in [-0.2, -0.15) is 0 Å². The van der Waals surface area contributed by atoms with Gasteiger partial charge in [-0.15, -0.1) is 0 Å². The van der Waals surface area contributed by atoms with E-state index in [4.69, 9.17) is 0 Å². The van der Waals surface area contributed by atoms with Crippen molar-refractivity contribution >= 4 is 0 Å². The Labute approximate surface area is 92.9 Å². The molecular formula is C14H21N. The molecule has 2 rings (SSSR count). The molecular weight excluding hydrogens is 182 g/mol. The molecule has 2 atom stereocenters. The molecule has 2 unspecified atom stereocenters. The zero-order valence-corrected chi connectivity index (χ0v) is 9.74. The van der Waals surface area contributed by atoms with Crippen LogP contribution in [0, 0.1) is 11.8 Å². The average molecular weight is 203 g/mol. The molecule has 1 aromatic carbocycles. The van der Waals surface area contributed by atoms with Gasteiger partial charge in [0.25, 0.3) is 0 Å². The third-order valence-corrected chi connectivity index (χ3v) is 3.67. The molecule has 0 radical (unpaired) electrons. The topological polar surface area (TPSA) is 12.0 Å². The van der Waals surface area contributed by atoms with Gasteiger partial charge in [-0.25, -0.2) is 0 Å². The third kappa shape index (κ3) is 2.82. The molecule has 0 spiro atoms. The second-order valence-corrected chi connectivity index (χ2v) is 4.78. The van der Waals surface area contributed by atoms with Crippen molar-refractivity contribution in [1.29, 1.82) is 0 Å². The summed E-state index contributed by atoms with van der Waals surface area (Å²) in [6.45, 7) is 2.39. The highest BCUT2D eigenvalue weighted by molar-refractivity contribution is 5.16. The van der Waals surface area contributed by atoms with Crippen LogP contribution in [0.4, 0.5) is 0 Å². The van der Waals surface area contributed by atoms with Crippen LogP contribution in [0.15, 0.2) is 30.3 Å². The van der Waals surface area contributed by atoms with Crippen molar-refractivity contribution in [3.05, 3.63) is 35.9 Å². The Bertz CT molecular complexity index is 289. The molecule has 15 heavy (non-hydrogen) atoms. The fourth-order valence-corrected chi connectivity index (χ4v) is 2.37. The minimum absolute atomic E-state index is 0.639. The van der Waals surface area contributed by atoms with Gasteiger partial charge in [-0.1, -0.05) is 37.3 Å². The molecule has 1 heteroatoms. The van der Waals surface area contributed by atoms with Crippen molar-refractivity contribution in [2.24, 2.45) is 11.8 Å². The second kappa shape index (κ2) is 4.80. The number of likely N-dealkylation sites (N-methyl/N-ethyl adjacent to an activating group) is 1. The number of nitrogens with one attached hydrogen (secondary N) is 1. The molecule has 0 heterocycles. The molecule has 1 aromatic rings. The zero-order valence-electron chi connectivity index (χ0n) is 9.74. The molecule has 0 amide bonds. The summed E-state index contributed by atoms with van der Waals surface area (Å²) < 4.78 is 0. The van der Waals surface area contributed by atoms with Crippen molar-refractivity contribution in [3.8, 4) is 0 Å². The van der Waals surface area contributed by atoms with Gasteiger partial charge in [-0.3, -0.25) is 0 Å². The van der Waals surface area contributed by atoms with Gasteiger partial charge in [-0.05, 0) is 43.7 Å². The summed E-state index contributed by atoms with van der Waals surface area (Å²) in [6, 6.07) is 11.4. The van der Waals surface area contributed by atoms with Gasteiger partial charge in [0, 0.05) is 6.04 Å². The Morgan fingerprint density at radius 1 is 1.27 bits per heavy atom. The van der Waals surface area contributed by atoms with Crippen LogP contribution in [-0.4, -0.2) is 13.1 Å². The van der Waals surface area contributed by atoms with Gasteiger partial charge >= 0.3 is 0 Å². The summed E-state index contributed by atoms with van der Waals surface area (Å²) in [6.07, 6.45) is 4.04. The number of rotatable bonds is 5. The van der Waals surface area contributed by atoms with Crippen LogP contribution in [0.3, 0.4) is 0 Å². The second-order valence-electron chi connectivity index (χ2n) is 4.78. The molecule has 1 aliphatic carbocycles. The van der Waals surface area contributed by atoms with Gasteiger partial charge < -0.3 is 5.32 Å². The molecule has 0 aliphatic heterocycles. The van der Waals surface area contributed by atoms with Crippen LogP contribution < -0.4 is 5.32 Å². The van der Waals surface area contributed by atoms with Crippen molar-refractivity contribution in [2.75, 3.05) is 7.05 Å². The van der Waals surface area contributed by atoms with E-state index in [1.165, 1.54) is 18.4 Å². The predicted molar refractivity (Wildman–Crippen MR) is 64.9 cm³/mol. The minimum atomic E-state index is 0.639. The SMILES string of the molecule is CNC(Cc1ccccc1)C(C)C1CC1. The van der Waals surface area contributed by atoms with E-state index in [2.05, 4.69) is 49.6 Å². The average Bonchev–Trinajstić information content (AvgIpc) is 3.10. The molecule has 82 valence electrons. The van der Waals surface area contributed by atoms with E-state index in [9.17, 15) is 0 Å². The first-order valence-corrected chi connectivity index (χ1v) is 6.02. The standard InChI is InChI=1S/C14H21N/c1-11(13-8-9-13)14(15-2)10-12-6-4-3-5-7-12/h3-7,11,13-15H,8-10H2,1-2H3. The Morgan fingerprint density at radius 2 is 1.93 bits per heavy atom. The Hall–Kier alpha value is -0.820. The summed E-state index contributed by atoms with van der Waals surface area (Å²) in [5, 5.41) is 3.47. The summed E-state index contributed by atoms with van der Waals surface area (Å²) in [5.74, 6) is 1.79. The maximum atomic E-state index is 3.47.